The molecule has 108 valence electrons. The van der Waals surface area contributed by atoms with E-state index in [1.165, 1.54) is 15.3 Å². The van der Waals surface area contributed by atoms with Crippen molar-refractivity contribution in [1.29, 1.82) is 0 Å². The van der Waals surface area contributed by atoms with Crippen LogP contribution in [0.25, 0.3) is 0 Å². The van der Waals surface area contributed by atoms with Gasteiger partial charge in [0.25, 0.3) is 0 Å². The third-order valence-corrected chi connectivity index (χ3v) is 4.43. The molecule has 2 rings (SSSR count). The maximum atomic E-state index is 11.1. The van der Waals surface area contributed by atoms with Gasteiger partial charge >= 0.3 is 0 Å². The summed E-state index contributed by atoms with van der Waals surface area (Å²) in [5.74, 6) is 0. The van der Waals surface area contributed by atoms with E-state index in [4.69, 9.17) is 0 Å². The Morgan fingerprint density at radius 2 is 1.70 bits per heavy atom. The lowest BCUT2D eigenvalue weighted by Crippen LogP contribution is -2.09. The second-order valence-electron chi connectivity index (χ2n) is 4.74. The number of hydrogen-bond donors (Lipinski definition) is 2. The van der Waals surface area contributed by atoms with Crippen molar-refractivity contribution in [2.24, 2.45) is 0 Å². The van der Waals surface area contributed by atoms with Crippen LogP contribution in [0.5, 0.6) is 0 Å². The van der Waals surface area contributed by atoms with Crippen molar-refractivity contribution in [3.63, 3.8) is 0 Å². The smallest absolute Gasteiger partial charge is 0.229 e. The number of rotatable bonds is 5. The van der Waals surface area contributed by atoms with Crippen LogP contribution in [0.4, 0.5) is 11.4 Å². The van der Waals surface area contributed by atoms with Crippen molar-refractivity contribution in [3.8, 4) is 0 Å². The summed E-state index contributed by atoms with van der Waals surface area (Å²) in [5, 5.41) is 3.33. The van der Waals surface area contributed by atoms with Crippen LogP contribution in [0.15, 0.2) is 30.3 Å². The summed E-state index contributed by atoms with van der Waals surface area (Å²) in [5.41, 5.74) is 2.83. The van der Waals surface area contributed by atoms with Gasteiger partial charge in [0, 0.05) is 27.7 Å². The van der Waals surface area contributed by atoms with Gasteiger partial charge in [0.05, 0.1) is 6.26 Å². The van der Waals surface area contributed by atoms with Gasteiger partial charge in [-0.1, -0.05) is 0 Å². The van der Waals surface area contributed by atoms with E-state index in [0.717, 1.165) is 18.5 Å². The molecule has 6 heteroatoms. The van der Waals surface area contributed by atoms with Crippen LogP contribution in [0.3, 0.4) is 0 Å². The SMILES string of the molecule is Cc1cc(CNc2ccc(NS(C)(=O)=O)cc2)c(C)s1. The van der Waals surface area contributed by atoms with E-state index in [9.17, 15) is 8.42 Å². The number of aryl methyl sites for hydroxylation is 2. The summed E-state index contributed by atoms with van der Waals surface area (Å²) in [6.45, 7) is 5.00. The molecule has 0 aliphatic heterocycles. The van der Waals surface area contributed by atoms with E-state index in [1.54, 1.807) is 23.5 Å². The first-order chi connectivity index (χ1) is 9.33. The summed E-state index contributed by atoms with van der Waals surface area (Å²) in [4.78, 5) is 2.64. The average Bonchev–Trinajstić information content (AvgIpc) is 2.65. The highest BCUT2D eigenvalue weighted by atomic mass is 32.2. The first kappa shape index (κ1) is 14.9. The van der Waals surface area contributed by atoms with Crippen molar-refractivity contribution < 1.29 is 8.42 Å². The molecule has 20 heavy (non-hydrogen) atoms. The van der Waals surface area contributed by atoms with Gasteiger partial charge in [-0.15, -0.1) is 11.3 Å². The fraction of sp³-hybridized carbons (Fsp3) is 0.286. The molecule has 0 bridgehead atoms. The molecule has 4 nitrogen and oxygen atoms in total. The summed E-state index contributed by atoms with van der Waals surface area (Å²) in [7, 11) is -3.22. The molecule has 0 saturated heterocycles. The molecule has 0 saturated carbocycles. The zero-order valence-electron chi connectivity index (χ0n) is 11.7. The molecule has 0 spiro atoms. The van der Waals surface area contributed by atoms with Crippen molar-refractivity contribution in [1.82, 2.24) is 0 Å². The molecule has 0 atom stereocenters. The highest BCUT2D eigenvalue weighted by Gasteiger charge is 2.04. The molecule has 0 aliphatic carbocycles. The van der Waals surface area contributed by atoms with E-state index in [0.29, 0.717) is 5.69 Å². The minimum Gasteiger partial charge on any atom is -0.381 e. The zero-order chi connectivity index (χ0) is 14.8. The maximum Gasteiger partial charge on any atom is 0.229 e. The third kappa shape index (κ3) is 4.25. The largest absolute Gasteiger partial charge is 0.381 e. The number of nitrogens with one attached hydrogen (secondary N) is 2. The number of anilines is 2. The number of thiophene rings is 1. The lowest BCUT2D eigenvalue weighted by atomic mass is 10.2. The molecule has 0 aliphatic rings. The summed E-state index contributed by atoms with van der Waals surface area (Å²) in [6, 6.07) is 9.40. The summed E-state index contributed by atoms with van der Waals surface area (Å²) >= 11 is 1.80. The lowest BCUT2D eigenvalue weighted by molar-refractivity contribution is 0.607. The Balaban J connectivity index is 1.99. The highest BCUT2D eigenvalue weighted by molar-refractivity contribution is 7.92. The van der Waals surface area contributed by atoms with Crippen LogP contribution in [0, 0.1) is 13.8 Å². The van der Waals surface area contributed by atoms with E-state index >= 15 is 0 Å². The van der Waals surface area contributed by atoms with Crippen molar-refractivity contribution >= 4 is 32.7 Å². The Bertz CT molecular complexity index is 688. The van der Waals surface area contributed by atoms with E-state index in [1.807, 2.05) is 12.1 Å². The third-order valence-electron chi connectivity index (χ3n) is 2.81. The molecule has 2 aromatic rings. The van der Waals surface area contributed by atoms with Crippen molar-refractivity contribution in [2.45, 2.75) is 20.4 Å². The van der Waals surface area contributed by atoms with Gasteiger partial charge in [-0.05, 0) is 49.7 Å². The van der Waals surface area contributed by atoms with Crippen molar-refractivity contribution in [2.75, 3.05) is 16.3 Å². The van der Waals surface area contributed by atoms with Gasteiger partial charge in [-0.2, -0.15) is 0 Å². The van der Waals surface area contributed by atoms with Crippen molar-refractivity contribution in [3.05, 3.63) is 45.6 Å². The molecule has 1 aromatic heterocycles. The topological polar surface area (TPSA) is 58.2 Å². The quantitative estimate of drug-likeness (QED) is 0.890. The Morgan fingerprint density at radius 3 is 2.20 bits per heavy atom. The average molecular weight is 310 g/mol. The molecule has 1 heterocycles. The summed E-state index contributed by atoms with van der Waals surface area (Å²) < 4.78 is 24.7. The Morgan fingerprint density at radius 1 is 1.10 bits per heavy atom. The van der Waals surface area contributed by atoms with Crippen LogP contribution in [0.2, 0.25) is 0 Å². The zero-order valence-corrected chi connectivity index (χ0v) is 13.4. The van der Waals surface area contributed by atoms with Crippen LogP contribution >= 0.6 is 11.3 Å². The van der Waals surface area contributed by atoms with Gasteiger partial charge in [0.2, 0.25) is 10.0 Å². The second-order valence-corrected chi connectivity index (χ2v) is 7.95. The number of hydrogen-bond acceptors (Lipinski definition) is 4. The van der Waals surface area contributed by atoms with Gasteiger partial charge in [-0.25, -0.2) is 8.42 Å². The Kier molecular flexibility index (Phi) is 4.35. The molecule has 0 amide bonds. The molecular formula is C14H18N2O2S2. The fourth-order valence-corrected chi connectivity index (χ4v) is 3.44. The molecule has 0 fully saturated rings. The fourth-order valence-electron chi connectivity index (χ4n) is 1.93. The van der Waals surface area contributed by atoms with E-state index < -0.39 is 10.0 Å². The molecule has 1 aromatic carbocycles. The minimum atomic E-state index is -3.22. The van der Waals surface area contributed by atoms with Gasteiger partial charge in [0.1, 0.15) is 0 Å². The predicted molar refractivity (Wildman–Crippen MR) is 86.0 cm³/mol. The maximum absolute atomic E-state index is 11.1. The normalized spacial score (nSPS) is 11.3. The molecule has 0 radical (unpaired) electrons. The number of benzene rings is 1. The van der Waals surface area contributed by atoms with Crippen LogP contribution in [-0.2, 0) is 16.6 Å². The Hall–Kier alpha value is -1.53. The molecule has 0 unspecified atom stereocenters. The minimum absolute atomic E-state index is 0.570. The molecular weight excluding hydrogens is 292 g/mol. The van der Waals surface area contributed by atoms with Gasteiger partial charge in [0.15, 0.2) is 0 Å². The first-order valence-corrected chi connectivity index (χ1v) is 8.92. The Labute approximate surface area is 123 Å². The molecule has 2 N–H and O–H groups in total. The van der Waals surface area contributed by atoms with Gasteiger partial charge in [-0.3, -0.25) is 4.72 Å². The van der Waals surface area contributed by atoms with Gasteiger partial charge < -0.3 is 5.32 Å². The summed E-state index contributed by atoms with van der Waals surface area (Å²) in [6.07, 6.45) is 1.14. The second kappa shape index (κ2) is 5.85. The van der Waals surface area contributed by atoms with E-state index in [2.05, 4.69) is 30.0 Å². The monoisotopic (exact) mass is 310 g/mol. The van der Waals surface area contributed by atoms with Crippen LogP contribution in [0.1, 0.15) is 15.3 Å². The van der Waals surface area contributed by atoms with Crippen LogP contribution in [-0.4, -0.2) is 14.7 Å². The predicted octanol–water partition coefficient (Wildman–Crippen LogP) is 3.35. The standard InChI is InChI=1S/C14H18N2O2S2/c1-10-8-12(11(2)19-10)9-15-13-4-6-14(7-5-13)16-20(3,17)18/h4-8,15-16H,9H2,1-3H3. The lowest BCUT2D eigenvalue weighted by Gasteiger charge is -2.08. The van der Waals surface area contributed by atoms with Crippen LogP contribution < -0.4 is 10.0 Å². The highest BCUT2D eigenvalue weighted by Crippen LogP contribution is 2.22. The van der Waals surface area contributed by atoms with E-state index in [-0.39, 0.29) is 0 Å². The number of sulfonamides is 1. The first-order valence-electron chi connectivity index (χ1n) is 6.21.